The molecule has 0 saturated heterocycles. The second kappa shape index (κ2) is 6.52. The molecule has 19 heavy (non-hydrogen) atoms. The minimum Gasteiger partial charge on any atom is -0.366 e. The van der Waals surface area contributed by atoms with Gasteiger partial charge in [0, 0.05) is 26.3 Å². The summed E-state index contributed by atoms with van der Waals surface area (Å²) in [6.07, 6.45) is 1.58. The number of hydrogen-bond donors (Lipinski definition) is 1. The molecule has 1 heterocycles. The number of nitrogens with zero attached hydrogens (tertiary/aromatic N) is 3. The molecule has 0 aromatic carbocycles. The van der Waals surface area contributed by atoms with E-state index in [1.165, 1.54) is 0 Å². The Morgan fingerprint density at radius 3 is 2.42 bits per heavy atom. The number of rotatable bonds is 6. The Bertz CT molecular complexity index is 443. The van der Waals surface area contributed by atoms with E-state index in [1.807, 2.05) is 41.1 Å². The first-order valence-electron chi connectivity index (χ1n) is 6.48. The van der Waals surface area contributed by atoms with Crippen molar-refractivity contribution in [3.05, 3.63) is 23.4 Å². The first-order valence-corrected chi connectivity index (χ1v) is 6.48. The zero-order valence-electron chi connectivity index (χ0n) is 12.5. The van der Waals surface area contributed by atoms with E-state index in [4.69, 9.17) is 5.73 Å². The average molecular weight is 264 g/mol. The molecule has 0 bridgehead atoms. The van der Waals surface area contributed by atoms with Crippen molar-refractivity contribution < 1.29 is 4.79 Å². The van der Waals surface area contributed by atoms with E-state index < -0.39 is 5.91 Å². The van der Waals surface area contributed by atoms with Gasteiger partial charge in [0.15, 0.2) is 0 Å². The van der Waals surface area contributed by atoms with Crippen LogP contribution in [-0.2, 0) is 0 Å². The van der Waals surface area contributed by atoms with Crippen molar-refractivity contribution in [2.75, 3.05) is 39.1 Å². The minimum absolute atomic E-state index is 0.242. The fourth-order valence-electron chi connectivity index (χ4n) is 1.82. The number of anilines is 1. The Balaban J connectivity index is 2.98. The van der Waals surface area contributed by atoms with Crippen LogP contribution in [0, 0.1) is 0 Å². The zero-order valence-corrected chi connectivity index (χ0v) is 12.5. The van der Waals surface area contributed by atoms with Gasteiger partial charge in [-0.05, 0) is 31.6 Å². The van der Waals surface area contributed by atoms with Crippen LogP contribution in [0.5, 0.6) is 0 Å². The molecule has 0 fully saturated rings. The molecular weight excluding hydrogens is 240 g/mol. The zero-order chi connectivity index (χ0) is 14.6. The largest absolute Gasteiger partial charge is 0.366 e. The molecule has 1 rings (SSSR count). The second-order valence-corrected chi connectivity index (χ2v) is 5.37. The number of amides is 1. The lowest BCUT2D eigenvalue weighted by Crippen LogP contribution is -2.29. The van der Waals surface area contributed by atoms with Crippen molar-refractivity contribution in [1.82, 2.24) is 9.88 Å². The molecule has 2 N–H and O–H groups in total. The Labute approximate surface area is 115 Å². The molecule has 106 valence electrons. The summed E-state index contributed by atoms with van der Waals surface area (Å²) in [6, 6.07) is 1.96. The third-order valence-corrected chi connectivity index (χ3v) is 3.08. The highest BCUT2D eigenvalue weighted by Crippen LogP contribution is 2.22. The van der Waals surface area contributed by atoms with E-state index in [0.29, 0.717) is 5.56 Å². The highest BCUT2D eigenvalue weighted by molar-refractivity contribution is 5.94. The number of nitrogens with two attached hydrogens (primary N) is 1. The van der Waals surface area contributed by atoms with E-state index in [9.17, 15) is 4.79 Å². The van der Waals surface area contributed by atoms with Crippen molar-refractivity contribution >= 4 is 11.7 Å². The summed E-state index contributed by atoms with van der Waals surface area (Å²) < 4.78 is 0. The average Bonchev–Trinajstić information content (AvgIpc) is 2.34. The molecule has 0 radical (unpaired) electrons. The van der Waals surface area contributed by atoms with Gasteiger partial charge < -0.3 is 15.5 Å². The second-order valence-electron chi connectivity index (χ2n) is 5.37. The molecule has 1 aromatic rings. The van der Waals surface area contributed by atoms with E-state index in [2.05, 4.69) is 14.8 Å². The van der Waals surface area contributed by atoms with Crippen molar-refractivity contribution in [3.8, 4) is 0 Å². The highest BCUT2D eigenvalue weighted by atomic mass is 16.1. The Hall–Kier alpha value is -1.62. The van der Waals surface area contributed by atoms with Gasteiger partial charge in [-0.3, -0.25) is 4.79 Å². The number of primary amides is 1. The Kier molecular flexibility index (Phi) is 5.30. The molecule has 5 heteroatoms. The van der Waals surface area contributed by atoms with Gasteiger partial charge in [0.2, 0.25) is 0 Å². The summed E-state index contributed by atoms with van der Waals surface area (Å²) in [4.78, 5) is 19.9. The smallest absolute Gasteiger partial charge is 0.250 e. The molecular formula is C14H24N4O. The first kappa shape index (κ1) is 15.4. The van der Waals surface area contributed by atoms with Crippen molar-refractivity contribution in [3.63, 3.8) is 0 Å². The fraction of sp³-hybridized carbons (Fsp3) is 0.571. The molecule has 0 aliphatic rings. The van der Waals surface area contributed by atoms with Gasteiger partial charge in [-0.1, -0.05) is 13.8 Å². The number of likely N-dealkylation sites (N-methyl/N-ethyl adjacent to an activating group) is 2. The third kappa shape index (κ3) is 4.21. The summed E-state index contributed by atoms with van der Waals surface area (Å²) >= 11 is 0. The van der Waals surface area contributed by atoms with Gasteiger partial charge in [0.05, 0.1) is 5.56 Å². The van der Waals surface area contributed by atoms with Crippen molar-refractivity contribution in [1.29, 1.82) is 0 Å². The van der Waals surface area contributed by atoms with Gasteiger partial charge in [-0.2, -0.15) is 0 Å². The quantitative estimate of drug-likeness (QED) is 0.841. The van der Waals surface area contributed by atoms with Gasteiger partial charge in [-0.15, -0.1) is 0 Å². The van der Waals surface area contributed by atoms with Gasteiger partial charge in [0.1, 0.15) is 5.82 Å². The molecule has 0 spiro atoms. The predicted molar refractivity (Wildman–Crippen MR) is 78.7 cm³/mol. The van der Waals surface area contributed by atoms with Crippen LogP contribution >= 0.6 is 0 Å². The van der Waals surface area contributed by atoms with Crippen molar-refractivity contribution in [2.24, 2.45) is 5.73 Å². The van der Waals surface area contributed by atoms with E-state index in [0.717, 1.165) is 24.5 Å². The molecule has 1 aromatic heterocycles. The summed E-state index contributed by atoms with van der Waals surface area (Å²) in [5, 5.41) is 0. The lowest BCUT2D eigenvalue weighted by molar-refractivity contribution is 0.0998. The van der Waals surface area contributed by atoms with Crippen LogP contribution in [0.25, 0.3) is 0 Å². The summed E-state index contributed by atoms with van der Waals surface area (Å²) in [7, 11) is 6.08. The van der Waals surface area contributed by atoms with Crippen LogP contribution in [0.1, 0.15) is 35.7 Å². The van der Waals surface area contributed by atoms with Crippen LogP contribution in [0.2, 0.25) is 0 Å². The topological polar surface area (TPSA) is 62.5 Å². The number of carbonyl (C=O) groups excluding carboxylic acids is 1. The molecule has 0 aliphatic carbocycles. The van der Waals surface area contributed by atoms with Crippen LogP contribution < -0.4 is 10.6 Å². The lowest BCUT2D eigenvalue weighted by Gasteiger charge is -2.22. The summed E-state index contributed by atoms with van der Waals surface area (Å²) in [5.41, 5.74) is 6.84. The van der Waals surface area contributed by atoms with E-state index >= 15 is 0 Å². The molecule has 0 atom stereocenters. The standard InChI is InChI=1S/C14H24N4O/c1-10(2)11-8-13(16-9-12(11)14(15)19)18(5)7-6-17(3)4/h8-10H,6-7H2,1-5H3,(H2,15,19). The van der Waals surface area contributed by atoms with Crippen LogP contribution in [-0.4, -0.2) is 50.0 Å². The SMILES string of the molecule is CC(C)c1cc(N(C)CCN(C)C)ncc1C(N)=O. The number of pyridine rings is 1. The number of carbonyl (C=O) groups is 1. The van der Waals surface area contributed by atoms with E-state index in [-0.39, 0.29) is 5.92 Å². The molecule has 0 unspecified atom stereocenters. The van der Waals surface area contributed by atoms with Crippen LogP contribution in [0.4, 0.5) is 5.82 Å². The first-order chi connectivity index (χ1) is 8.82. The van der Waals surface area contributed by atoms with Crippen molar-refractivity contribution in [2.45, 2.75) is 19.8 Å². The number of hydrogen-bond acceptors (Lipinski definition) is 4. The summed E-state index contributed by atoms with van der Waals surface area (Å²) in [5.74, 6) is 0.695. The monoisotopic (exact) mass is 264 g/mol. The molecule has 5 nitrogen and oxygen atoms in total. The number of aromatic nitrogens is 1. The van der Waals surface area contributed by atoms with Gasteiger partial charge >= 0.3 is 0 Å². The minimum atomic E-state index is -0.418. The molecule has 0 saturated carbocycles. The lowest BCUT2D eigenvalue weighted by atomic mass is 9.98. The summed E-state index contributed by atoms with van der Waals surface area (Å²) in [6.45, 7) is 5.93. The fourth-order valence-corrected chi connectivity index (χ4v) is 1.82. The third-order valence-electron chi connectivity index (χ3n) is 3.08. The maximum Gasteiger partial charge on any atom is 0.250 e. The van der Waals surface area contributed by atoms with E-state index in [1.54, 1.807) is 6.20 Å². The molecule has 1 amide bonds. The Morgan fingerprint density at radius 2 is 1.95 bits per heavy atom. The van der Waals surface area contributed by atoms with Gasteiger partial charge in [0.25, 0.3) is 5.91 Å². The van der Waals surface area contributed by atoms with Crippen LogP contribution in [0.3, 0.4) is 0 Å². The maximum absolute atomic E-state index is 11.4. The highest BCUT2D eigenvalue weighted by Gasteiger charge is 2.14. The van der Waals surface area contributed by atoms with Crippen LogP contribution in [0.15, 0.2) is 12.3 Å². The predicted octanol–water partition coefficient (Wildman–Crippen LogP) is 1.30. The molecule has 0 aliphatic heterocycles. The normalized spacial score (nSPS) is 11.1. The Morgan fingerprint density at radius 1 is 1.32 bits per heavy atom. The maximum atomic E-state index is 11.4. The van der Waals surface area contributed by atoms with Gasteiger partial charge in [-0.25, -0.2) is 4.98 Å².